The second-order valence-electron chi connectivity index (χ2n) is 6.45. The molecule has 140 valence electrons. The molecule has 0 atom stereocenters. The summed E-state index contributed by atoms with van der Waals surface area (Å²) in [4.78, 5) is 28.4. The molecule has 1 N–H and O–H groups in total. The molecule has 1 amide bonds. The zero-order valence-electron chi connectivity index (χ0n) is 15.4. The number of nitrogens with zero attached hydrogens (tertiary/aromatic N) is 2. The number of carbonyl (C=O) groups excluding carboxylic acids is 2. The van der Waals surface area contributed by atoms with Gasteiger partial charge in [-0.1, -0.05) is 42.5 Å². The Bertz CT molecular complexity index is 1180. The summed E-state index contributed by atoms with van der Waals surface area (Å²) in [6, 6.07) is 21.3. The molecule has 6 heteroatoms. The number of ether oxygens (including phenoxy) is 1. The number of amides is 1. The van der Waals surface area contributed by atoms with Gasteiger partial charge in [-0.2, -0.15) is 0 Å². The number of hydrogen-bond acceptors (Lipinski definition) is 4. The van der Waals surface area contributed by atoms with Crippen LogP contribution in [0.15, 0.2) is 66.7 Å². The van der Waals surface area contributed by atoms with Crippen LogP contribution in [0.2, 0.25) is 0 Å². The highest BCUT2D eigenvalue weighted by atomic mass is 16.5. The standard InChI is InChI=1S/C22H19N3O3/c1-15(26)23-13-22(27)25-20-9-5-4-8-19(20)24-21(25)14-28-18-11-10-16-6-2-3-7-17(16)12-18/h2-12H,13-14H2,1H3,(H,23,26). The lowest BCUT2D eigenvalue weighted by Crippen LogP contribution is -2.31. The molecule has 0 aliphatic carbocycles. The predicted octanol–water partition coefficient (Wildman–Crippen LogP) is 3.54. The first-order valence-corrected chi connectivity index (χ1v) is 8.97. The minimum Gasteiger partial charge on any atom is -0.486 e. The Kier molecular flexibility index (Phi) is 4.76. The normalized spacial score (nSPS) is 10.9. The average Bonchev–Trinajstić information content (AvgIpc) is 3.08. The molecule has 4 aromatic rings. The lowest BCUT2D eigenvalue weighted by molar-refractivity contribution is -0.118. The van der Waals surface area contributed by atoms with E-state index in [1.165, 1.54) is 11.5 Å². The maximum absolute atomic E-state index is 12.7. The minimum absolute atomic E-state index is 0.0985. The van der Waals surface area contributed by atoms with Crippen molar-refractivity contribution >= 4 is 33.6 Å². The number of aromatic nitrogens is 2. The van der Waals surface area contributed by atoms with E-state index in [-0.39, 0.29) is 25.0 Å². The summed E-state index contributed by atoms with van der Waals surface area (Å²) < 4.78 is 7.43. The lowest BCUT2D eigenvalue weighted by atomic mass is 10.1. The third kappa shape index (κ3) is 3.57. The maximum atomic E-state index is 12.7. The summed E-state index contributed by atoms with van der Waals surface area (Å²) in [5, 5.41) is 4.75. The Morgan fingerprint density at radius 1 is 1.00 bits per heavy atom. The van der Waals surface area contributed by atoms with E-state index in [1.54, 1.807) is 0 Å². The van der Waals surface area contributed by atoms with Gasteiger partial charge in [0.05, 0.1) is 17.6 Å². The van der Waals surface area contributed by atoms with Crippen molar-refractivity contribution in [1.82, 2.24) is 14.9 Å². The van der Waals surface area contributed by atoms with Crippen LogP contribution in [0.25, 0.3) is 21.8 Å². The molecule has 0 radical (unpaired) electrons. The lowest BCUT2D eigenvalue weighted by Gasteiger charge is -2.10. The molecule has 4 rings (SSSR count). The van der Waals surface area contributed by atoms with Gasteiger partial charge in [-0.25, -0.2) is 4.98 Å². The summed E-state index contributed by atoms with van der Waals surface area (Å²) in [6.45, 7) is 1.42. The topological polar surface area (TPSA) is 73.2 Å². The van der Waals surface area contributed by atoms with Crippen molar-refractivity contribution in [2.45, 2.75) is 13.5 Å². The van der Waals surface area contributed by atoms with Crippen molar-refractivity contribution in [3.63, 3.8) is 0 Å². The quantitative estimate of drug-likeness (QED) is 0.581. The second kappa shape index (κ2) is 7.52. The molecule has 0 aliphatic rings. The largest absolute Gasteiger partial charge is 0.486 e. The van der Waals surface area contributed by atoms with E-state index >= 15 is 0 Å². The van der Waals surface area contributed by atoms with Crippen molar-refractivity contribution in [3.05, 3.63) is 72.6 Å². The highest BCUT2D eigenvalue weighted by Crippen LogP contribution is 2.22. The Hall–Kier alpha value is -3.67. The summed E-state index contributed by atoms with van der Waals surface area (Å²) in [6.07, 6.45) is 0. The van der Waals surface area contributed by atoms with E-state index in [0.717, 1.165) is 10.8 Å². The summed E-state index contributed by atoms with van der Waals surface area (Å²) in [7, 11) is 0. The number of rotatable bonds is 5. The van der Waals surface area contributed by atoms with Gasteiger partial charge in [0.15, 0.2) is 5.82 Å². The van der Waals surface area contributed by atoms with Crippen LogP contribution in [0, 0.1) is 0 Å². The number of nitrogens with one attached hydrogen (secondary N) is 1. The van der Waals surface area contributed by atoms with Crippen molar-refractivity contribution < 1.29 is 14.3 Å². The number of hydrogen-bond donors (Lipinski definition) is 1. The van der Waals surface area contributed by atoms with Crippen LogP contribution < -0.4 is 10.1 Å². The van der Waals surface area contributed by atoms with Gasteiger partial charge >= 0.3 is 0 Å². The van der Waals surface area contributed by atoms with Crippen LogP contribution in [0.3, 0.4) is 0 Å². The van der Waals surface area contributed by atoms with E-state index in [4.69, 9.17) is 4.74 Å². The maximum Gasteiger partial charge on any atom is 0.252 e. The van der Waals surface area contributed by atoms with E-state index < -0.39 is 0 Å². The van der Waals surface area contributed by atoms with Crippen molar-refractivity contribution in [3.8, 4) is 5.75 Å². The molecule has 3 aromatic carbocycles. The first-order chi connectivity index (χ1) is 13.6. The van der Waals surface area contributed by atoms with Gasteiger partial charge < -0.3 is 10.1 Å². The SMILES string of the molecule is CC(=O)NCC(=O)n1c(COc2ccc3ccccc3c2)nc2ccccc21. The zero-order valence-corrected chi connectivity index (χ0v) is 15.4. The van der Waals surface area contributed by atoms with Gasteiger partial charge in [-0.15, -0.1) is 0 Å². The highest BCUT2D eigenvalue weighted by Gasteiger charge is 2.17. The van der Waals surface area contributed by atoms with Crippen molar-refractivity contribution in [1.29, 1.82) is 0 Å². The van der Waals surface area contributed by atoms with E-state index in [9.17, 15) is 9.59 Å². The van der Waals surface area contributed by atoms with Crippen molar-refractivity contribution in [2.75, 3.05) is 6.54 Å². The van der Waals surface area contributed by atoms with E-state index in [2.05, 4.69) is 10.3 Å². The smallest absolute Gasteiger partial charge is 0.252 e. The molecule has 0 saturated carbocycles. The Morgan fingerprint density at radius 2 is 1.75 bits per heavy atom. The van der Waals surface area contributed by atoms with Crippen LogP contribution in [0.5, 0.6) is 5.75 Å². The van der Waals surface area contributed by atoms with Gasteiger partial charge in [0.2, 0.25) is 5.91 Å². The van der Waals surface area contributed by atoms with Gasteiger partial charge in [0.25, 0.3) is 5.91 Å². The zero-order chi connectivity index (χ0) is 19.5. The van der Waals surface area contributed by atoms with Gasteiger partial charge in [0.1, 0.15) is 12.4 Å². The Labute approximate surface area is 161 Å². The second-order valence-corrected chi connectivity index (χ2v) is 6.45. The first kappa shape index (κ1) is 17.7. The predicted molar refractivity (Wildman–Crippen MR) is 107 cm³/mol. The first-order valence-electron chi connectivity index (χ1n) is 8.97. The number of benzene rings is 3. The minimum atomic E-state index is -0.263. The van der Waals surface area contributed by atoms with Gasteiger partial charge in [0, 0.05) is 6.92 Å². The molecule has 1 heterocycles. The molecule has 0 bridgehead atoms. The average molecular weight is 373 g/mol. The fourth-order valence-corrected chi connectivity index (χ4v) is 3.14. The van der Waals surface area contributed by atoms with Gasteiger partial charge in [-0.05, 0) is 35.0 Å². The molecule has 0 unspecified atom stereocenters. The Morgan fingerprint density at radius 3 is 2.57 bits per heavy atom. The molecular weight excluding hydrogens is 354 g/mol. The summed E-state index contributed by atoms with van der Waals surface area (Å²) in [5.74, 6) is 0.670. The number of para-hydroxylation sites is 2. The molecular formula is C22H19N3O3. The highest BCUT2D eigenvalue weighted by molar-refractivity contribution is 5.93. The van der Waals surface area contributed by atoms with Crippen LogP contribution in [-0.4, -0.2) is 27.9 Å². The van der Waals surface area contributed by atoms with Crippen LogP contribution in [0.1, 0.15) is 17.5 Å². The monoisotopic (exact) mass is 373 g/mol. The molecule has 0 aliphatic heterocycles. The van der Waals surface area contributed by atoms with Crippen LogP contribution in [0.4, 0.5) is 0 Å². The number of carbonyl (C=O) groups is 2. The summed E-state index contributed by atoms with van der Waals surface area (Å²) >= 11 is 0. The van der Waals surface area contributed by atoms with Crippen LogP contribution >= 0.6 is 0 Å². The molecule has 1 aromatic heterocycles. The Balaban J connectivity index is 1.62. The molecule has 6 nitrogen and oxygen atoms in total. The van der Waals surface area contributed by atoms with Crippen LogP contribution in [-0.2, 0) is 11.4 Å². The molecule has 28 heavy (non-hydrogen) atoms. The fraction of sp³-hybridized carbons (Fsp3) is 0.136. The van der Waals surface area contributed by atoms with Crippen molar-refractivity contribution in [2.24, 2.45) is 0 Å². The third-order valence-corrected chi connectivity index (χ3v) is 4.46. The molecule has 0 fully saturated rings. The fourth-order valence-electron chi connectivity index (χ4n) is 3.14. The van der Waals surface area contributed by atoms with E-state index in [1.807, 2.05) is 66.7 Å². The third-order valence-electron chi connectivity index (χ3n) is 4.46. The van der Waals surface area contributed by atoms with E-state index in [0.29, 0.717) is 22.6 Å². The number of imidazole rings is 1. The van der Waals surface area contributed by atoms with Gasteiger partial charge in [-0.3, -0.25) is 14.2 Å². The molecule has 0 spiro atoms. The number of fused-ring (bicyclic) bond motifs is 2. The summed E-state index contributed by atoms with van der Waals surface area (Å²) in [5.41, 5.74) is 1.39. The molecule has 0 saturated heterocycles.